The van der Waals surface area contributed by atoms with E-state index in [9.17, 15) is 0 Å². The molecule has 0 aliphatic rings. The van der Waals surface area contributed by atoms with Crippen molar-refractivity contribution < 1.29 is 4.42 Å². The molecule has 8 aromatic carbocycles. The molecule has 13 aromatic rings. The van der Waals surface area contributed by atoms with Crippen molar-refractivity contribution in [3.05, 3.63) is 212 Å². The van der Waals surface area contributed by atoms with Gasteiger partial charge in [0.05, 0.1) is 11.0 Å². The number of benzene rings is 8. The van der Waals surface area contributed by atoms with Gasteiger partial charge in [0.1, 0.15) is 11.1 Å². The summed E-state index contributed by atoms with van der Waals surface area (Å²) in [7, 11) is 0. The normalized spacial score (nSPS) is 11.5. The molecule has 0 bridgehead atoms. The Hall–Kier alpha value is -9.54. The number of aromatic nitrogens is 9. The van der Waals surface area contributed by atoms with Crippen molar-refractivity contribution in [2.45, 2.75) is 0 Å². The van der Waals surface area contributed by atoms with E-state index in [1.54, 1.807) is 0 Å². The largest absolute Gasteiger partial charge is 0.452 e. The molecule has 5 aromatic heterocycles. The first-order chi connectivity index (χ1) is 33.7. The molecule has 0 N–H and O–H groups in total. The van der Waals surface area contributed by atoms with E-state index in [2.05, 4.69) is 83.4 Å². The fourth-order valence-corrected chi connectivity index (χ4v) is 9.00. The standard InChI is InChI=1S/C58H35N9O/c1-6-19-36(20-7-1)52-61-53(37-21-8-2-9-22-37)64-56(63-52)50-51-49(59-57(60-50)58-65-54(38-23-10-3-11-24-38)62-55(66-58)39-25-12-4-13-26-39)44-35-40(33-34-47(44)68-51)42-30-18-32-46-48(42)43-29-16-17-31-45(43)67(46)41-27-14-5-15-28-41/h1-35H. The van der Waals surface area contributed by atoms with Crippen molar-refractivity contribution >= 4 is 43.9 Å². The molecule has 0 spiro atoms. The van der Waals surface area contributed by atoms with Crippen LogP contribution in [-0.4, -0.2) is 44.4 Å². The molecule has 0 radical (unpaired) electrons. The predicted molar refractivity (Wildman–Crippen MR) is 268 cm³/mol. The minimum Gasteiger partial charge on any atom is -0.452 e. The lowest BCUT2D eigenvalue weighted by atomic mass is 9.98. The van der Waals surface area contributed by atoms with Crippen LogP contribution in [0.25, 0.3) is 129 Å². The topological polar surface area (TPSA) is 121 Å². The molecule has 0 saturated carbocycles. The molecule has 0 saturated heterocycles. The quantitative estimate of drug-likeness (QED) is 0.147. The number of rotatable bonds is 8. The molecule has 10 nitrogen and oxygen atoms in total. The fourth-order valence-electron chi connectivity index (χ4n) is 9.00. The van der Waals surface area contributed by atoms with Gasteiger partial charge in [0.2, 0.25) is 5.82 Å². The average molecular weight is 874 g/mol. The zero-order chi connectivity index (χ0) is 45.0. The Balaban J connectivity index is 1.09. The zero-order valence-electron chi connectivity index (χ0n) is 36.1. The summed E-state index contributed by atoms with van der Waals surface area (Å²) in [6.07, 6.45) is 0. The van der Waals surface area contributed by atoms with E-state index in [1.807, 2.05) is 133 Å². The first-order valence-corrected chi connectivity index (χ1v) is 22.3. The maximum absolute atomic E-state index is 6.83. The Morgan fingerprint density at radius 1 is 0.324 bits per heavy atom. The van der Waals surface area contributed by atoms with Gasteiger partial charge in [-0.1, -0.05) is 176 Å². The summed E-state index contributed by atoms with van der Waals surface area (Å²) >= 11 is 0. The molecule has 5 heterocycles. The van der Waals surface area contributed by atoms with E-state index in [4.69, 9.17) is 44.3 Å². The van der Waals surface area contributed by atoms with Gasteiger partial charge in [-0.25, -0.2) is 39.9 Å². The second-order valence-corrected chi connectivity index (χ2v) is 16.4. The van der Waals surface area contributed by atoms with Gasteiger partial charge < -0.3 is 8.98 Å². The van der Waals surface area contributed by atoms with Crippen LogP contribution in [-0.2, 0) is 0 Å². The smallest absolute Gasteiger partial charge is 0.201 e. The van der Waals surface area contributed by atoms with Gasteiger partial charge in [-0.3, -0.25) is 0 Å². The lowest BCUT2D eigenvalue weighted by Crippen LogP contribution is -2.05. The van der Waals surface area contributed by atoms with Crippen LogP contribution in [0.15, 0.2) is 217 Å². The molecular formula is C58H35N9O. The molecule has 0 atom stereocenters. The number of nitrogens with zero attached hydrogens (tertiary/aromatic N) is 9. The van der Waals surface area contributed by atoms with Crippen LogP contribution in [0, 0.1) is 0 Å². The zero-order valence-corrected chi connectivity index (χ0v) is 36.1. The van der Waals surface area contributed by atoms with E-state index in [0.717, 1.165) is 66.3 Å². The summed E-state index contributed by atoms with van der Waals surface area (Å²) in [5.74, 6) is 2.80. The van der Waals surface area contributed by atoms with Crippen LogP contribution in [0.1, 0.15) is 0 Å². The molecule has 68 heavy (non-hydrogen) atoms. The summed E-state index contributed by atoms with van der Waals surface area (Å²) in [6, 6.07) is 71.3. The molecule has 13 rings (SSSR count). The third kappa shape index (κ3) is 6.74. The van der Waals surface area contributed by atoms with Crippen molar-refractivity contribution in [3.63, 3.8) is 0 Å². The first kappa shape index (κ1) is 38.9. The Bertz CT molecular complexity index is 3900. The van der Waals surface area contributed by atoms with E-state index in [1.165, 1.54) is 0 Å². The van der Waals surface area contributed by atoms with Crippen LogP contribution in [0.2, 0.25) is 0 Å². The molecule has 0 aliphatic carbocycles. The maximum atomic E-state index is 6.83. The summed E-state index contributed by atoms with van der Waals surface area (Å²) in [5.41, 5.74) is 10.7. The summed E-state index contributed by atoms with van der Waals surface area (Å²) < 4.78 is 9.16. The minimum atomic E-state index is 0.258. The highest BCUT2D eigenvalue weighted by molar-refractivity contribution is 6.17. The molecule has 0 aliphatic heterocycles. The Morgan fingerprint density at radius 3 is 1.37 bits per heavy atom. The monoisotopic (exact) mass is 873 g/mol. The van der Waals surface area contributed by atoms with E-state index >= 15 is 0 Å². The van der Waals surface area contributed by atoms with Gasteiger partial charge >= 0.3 is 0 Å². The number of para-hydroxylation sites is 2. The number of fused-ring (bicyclic) bond motifs is 6. The molecular weight excluding hydrogens is 839 g/mol. The first-order valence-electron chi connectivity index (χ1n) is 22.3. The van der Waals surface area contributed by atoms with Gasteiger partial charge in [0.25, 0.3) is 0 Å². The van der Waals surface area contributed by atoms with Crippen LogP contribution >= 0.6 is 0 Å². The van der Waals surface area contributed by atoms with Crippen molar-refractivity contribution in [2.24, 2.45) is 0 Å². The molecule has 10 heteroatoms. The number of furan rings is 1. The Kier molecular flexibility index (Phi) is 9.24. The van der Waals surface area contributed by atoms with Crippen LogP contribution < -0.4 is 0 Å². The van der Waals surface area contributed by atoms with Crippen LogP contribution in [0.5, 0.6) is 0 Å². The summed E-state index contributed by atoms with van der Waals surface area (Å²) in [4.78, 5) is 40.8. The number of hydrogen-bond acceptors (Lipinski definition) is 9. The van der Waals surface area contributed by atoms with E-state index in [-0.39, 0.29) is 11.6 Å². The molecule has 318 valence electrons. The van der Waals surface area contributed by atoms with E-state index in [0.29, 0.717) is 51.5 Å². The lowest BCUT2D eigenvalue weighted by Gasteiger charge is -2.10. The highest BCUT2D eigenvalue weighted by Crippen LogP contribution is 2.42. The van der Waals surface area contributed by atoms with E-state index < -0.39 is 0 Å². The molecule has 0 unspecified atom stereocenters. The second-order valence-electron chi connectivity index (χ2n) is 16.4. The third-order valence-electron chi connectivity index (χ3n) is 12.1. The average Bonchev–Trinajstić information content (AvgIpc) is 3.97. The number of hydrogen-bond donors (Lipinski definition) is 0. The SMILES string of the molecule is c1ccc(-c2nc(-c3ccccc3)nc(-c3nc(-c4nc(-c5ccccc5)nc(-c5ccccc5)n4)c4oc5ccc(-c6cccc7c6c6ccccc6n7-c6ccccc6)cc5c4n3)n2)cc1. The maximum Gasteiger partial charge on any atom is 0.201 e. The summed E-state index contributed by atoms with van der Waals surface area (Å²) in [5, 5.41) is 3.09. The molecule has 0 fully saturated rings. The lowest BCUT2D eigenvalue weighted by molar-refractivity contribution is 0.666. The molecule has 0 amide bonds. The predicted octanol–water partition coefficient (Wildman–Crippen LogP) is 13.5. The van der Waals surface area contributed by atoms with Gasteiger partial charge in [-0.15, -0.1) is 0 Å². The van der Waals surface area contributed by atoms with Crippen molar-refractivity contribution in [2.75, 3.05) is 0 Å². The van der Waals surface area contributed by atoms with Crippen LogP contribution in [0.3, 0.4) is 0 Å². The van der Waals surface area contributed by atoms with Gasteiger partial charge in [-0.05, 0) is 47.5 Å². The second kappa shape index (κ2) is 16.2. The highest BCUT2D eigenvalue weighted by Gasteiger charge is 2.25. The van der Waals surface area contributed by atoms with Gasteiger partial charge in [0, 0.05) is 44.1 Å². The van der Waals surface area contributed by atoms with Gasteiger partial charge in [-0.2, -0.15) is 0 Å². The highest BCUT2D eigenvalue weighted by atomic mass is 16.3. The Morgan fingerprint density at radius 2 is 0.794 bits per heavy atom. The minimum absolute atomic E-state index is 0.258. The van der Waals surface area contributed by atoms with Crippen molar-refractivity contribution in [1.29, 1.82) is 0 Å². The summed E-state index contributed by atoms with van der Waals surface area (Å²) in [6.45, 7) is 0. The Labute approximate surface area is 389 Å². The van der Waals surface area contributed by atoms with Gasteiger partial charge in [0.15, 0.2) is 46.2 Å². The van der Waals surface area contributed by atoms with Crippen molar-refractivity contribution in [1.82, 2.24) is 44.4 Å². The van der Waals surface area contributed by atoms with Crippen LogP contribution in [0.4, 0.5) is 0 Å². The third-order valence-corrected chi connectivity index (χ3v) is 12.1. The van der Waals surface area contributed by atoms with Crippen molar-refractivity contribution in [3.8, 4) is 85.5 Å². The fraction of sp³-hybridized carbons (Fsp3) is 0.